The smallest absolute Gasteiger partial charge is 0.307 e. The van der Waals surface area contributed by atoms with Crippen LogP contribution in [0.2, 0.25) is 0 Å². The fourth-order valence-corrected chi connectivity index (χ4v) is 6.80. The van der Waals surface area contributed by atoms with E-state index in [2.05, 4.69) is 12.2 Å². The standard InChI is InChI=1S/C21H28N2O5S/c1-13-8-10-23(11-9-13)29(27,28)17-6-4-16(5-7-17)22-20(24)18-14-2-3-15(12-14)19(18)21(25)26/h4-7,13-15,18-19H,2-3,8-12H2,1H3,(H,22,24)(H,25,26)/t14-,15-,18+,19+/m0/s1. The number of sulfonamides is 1. The van der Waals surface area contributed by atoms with Crippen LogP contribution >= 0.6 is 0 Å². The van der Waals surface area contributed by atoms with Gasteiger partial charge < -0.3 is 10.4 Å². The molecule has 3 aliphatic rings. The zero-order valence-electron chi connectivity index (χ0n) is 16.6. The lowest BCUT2D eigenvalue weighted by molar-refractivity contribution is -0.148. The largest absolute Gasteiger partial charge is 0.481 e. The fraction of sp³-hybridized carbons (Fsp3) is 0.619. The lowest BCUT2D eigenvalue weighted by Crippen LogP contribution is -2.38. The number of carbonyl (C=O) groups excluding carboxylic acids is 1. The first-order chi connectivity index (χ1) is 13.8. The molecule has 7 nitrogen and oxygen atoms in total. The maximum absolute atomic E-state index is 12.8. The lowest BCUT2D eigenvalue weighted by atomic mass is 9.78. The molecule has 2 bridgehead atoms. The topological polar surface area (TPSA) is 104 Å². The van der Waals surface area contributed by atoms with Crippen LogP contribution in [0.25, 0.3) is 0 Å². The van der Waals surface area contributed by atoms with Crippen LogP contribution in [0.3, 0.4) is 0 Å². The number of amides is 1. The molecule has 158 valence electrons. The molecule has 2 saturated carbocycles. The van der Waals surface area contributed by atoms with Crippen LogP contribution in [0.15, 0.2) is 29.2 Å². The summed E-state index contributed by atoms with van der Waals surface area (Å²) in [4.78, 5) is 24.6. The fourth-order valence-electron chi connectivity index (χ4n) is 5.33. The van der Waals surface area contributed by atoms with E-state index in [-0.39, 0.29) is 22.6 Å². The number of anilines is 1. The molecule has 8 heteroatoms. The number of carboxylic acid groups (broad SMARTS) is 1. The van der Waals surface area contributed by atoms with E-state index < -0.39 is 27.8 Å². The number of nitrogens with one attached hydrogen (secondary N) is 1. The van der Waals surface area contributed by atoms with Crippen molar-refractivity contribution in [2.75, 3.05) is 18.4 Å². The summed E-state index contributed by atoms with van der Waals surface area (Å²) in [6.07, 6.45) is 4.31. The number of hydrogen-bond donors (Lipinski definition) is 2. The van der Waals surface area contributed by atoms with E-state index in [1.54, 1.807) is 12.1 Å². The molecule has 3 fully saturated rings. The van der Waals surface area contributed by atoms with Gasteiger partial charge in [0, 0.05) is 18.8 Å². The van der Waals surface area contributed by atoms with Crippen LogP contribution in [-0.2, 0) is 19.6 Å². The number of benzene rings is 1. The molecule has 2 aliphatic carbocycles. The summed E-state index contributed by atoms with van der Waals surface area (Å²) in [5, 5.41) is 12.3. The number of carboxylic acids is 1. The molecule has 2 N–H and O–H groups in total. The summed E-state index contributed by atoms with van der Waals surface area (Å²) in [5.41, 5.74) is 0.494. The van der Waals surface area contributed by atoms with E-state index in [0.717, 1.165) is 32.1 Å². The van der Waals surface area contributed by atoms with Crippen molar-refractivity contribution in [2.45, 2.75) is 43.9 Å². The summed E-state index contributed by atoms with van der Waals surface area (Å²) in [5.74, 6) is -1.53. The van der Waals surface area contributed by atoms with Gasteiger partial charge in [0.2, 0.25) is 15.9 Å². The third-order valence-electron chi connectivity index (χ3n) is 7.01. The van der Waals surface area contributed by atoms with Gasteiger partial charge in [-0.25, -0.2) is 8.42 Å². The quantitative estimate of drug-likeness (QED) is 0.762. The number of nitrogens with zero attached hydrogens (tertiary/aromatic N) is 1. The number of piperidine rings is 1. The molecular formula is C21H28N2O5S. The average molecular weight is 421 g/mol. The molecule has 29 heavy (non-hydrogen) atoms. The van der Waals surface area contributed by atoms with E-state index in [9.17, 15) is 23.1 Å². The van der Waals surface area contributed by atoms with Crippen molar-refractivity contribution in [3.63, 3.8) is 0 Å². The molecule has 1 aliphatic heterocycles. The Labute approximate surface area is 171 Å². The first-order valence-electron chi connectivity index (χ1n) is 10.4. The van der Waals surface area contributed by atoms with Crippen LogP contribution in [0.5, 0.6) is 0 Å². The van der Waals surface area contributed by atoms with E-state index in [4.69, 9.17) is 0 Å². The molecular weight excluding hydrogens is 392 g/mol. The van der Waals surface area contributed by atoms with Gasteiger partial charge in [0.05, 0.1) is 16.7 Å². The lowest BCUT2D eigenvalue weighted by Gasteiger charge is -2.29. The molecule has 1 aromatic carbocycles. The Bertz CT molecular complexity index is 890. The Hall–Kier alpha value is -1.93. The van der Waals surface area contributed by atoms with Crippen LogP contribution in [-0.4, -0.2) is 42.8 Å². The second-order valence-electron chi connectivity index (χ2n) is 8.82. The van der Waals surface area contributed by atoms with Crippen molar-refractivity contribution in [1.82, 2.24) is 4.31 Å². The molecule has 1 amide bonds. The highest BCUT2D eigenvalue weighted by molar-refractivity contribution is 7.89. The van der Waals surface area contributed by atoms with Gasteiger partial charge in [0.1, 0.15) is 0 Å². The minimum atomic E-state index is -3.53. The predicted molar refractivity (Wildman–Crippen MR) is 108 cm³/mol. The minimum Gasteiger partial charge on any atom is -0.481 e. The summed E-state index contributed by atoms with van der Waals surface area (Å²) in [6, 6.07) is 6.19. The molecule has 1 aromatic rings. The number of carbonyl (C=O) groups is 2. The molecule has 1 heterocycles. The summed E-state index contributed by atoms with van der Waals surface area (Å²) >= 11 is 0. The highest BCUT2D eigenvalue weighted by Gasteiger charge is 2.54. The van der Waals surface area contributed by atoms with Crippen LogP contribution in [0, 0.1) is 29.6 Å². The van der Waals surface area contributed by atoms with E-state index >= 15 is 0 Å². The van der Waals surface area contributed by atoms with Crippen molar-refractivity contribution < 1.29 is 23.1 Å². The average Bonchev–Trinajstić information content (AvgIpc) is 3.30. The SMILES string of the molecule is CC1CCN(S(=O)(=O)c2ccc(NC(=O)[C@@H]3[C@H]4CC[C@@H](C4)[C@H]3C(=O)O)cc2)CC1. The highest BCUT2D eigenvalue weighted by atomic mass is 32.2. The van der Waals surface area contributed by atoms with Crippen molar-refractivity contribution in [3.05, 3.63) is 24.3 Å². The Morgan fingerprint density at radius 1 is 1.00 bits per heavy atom. The number of hydrogen-bond acceptors (Lipinski definition) is 4. The van der Waals surface area contributed by atoms with Gasteiger partial charge in [-0.2, -0.15) is 4.31 Å². The maximum atomic E-state index is 12.8. The van der Waals surface area contributed by atoms with E-state index in [1.807, 2.05) is 0 Å². The van der Waals surface area contributed by atoms with Crippen LogP contribution in [0.1, 0.15) is 39.0 Å². The van der Waals surface area contributed by atoms with Gasteiger partial charge in [-0.15, -0.1) is 0 Å². The van der Waals surface area contributed by atoms with Crippen LogP contribution in [0.4, 0.5) is 5.69 Å². The van der Waals surface area contributed by atoms with Crippen molar-refractivity contribution in [2.24, 2.45) is 29.6 Å². The summed E-state index contributed by atoms with van der Waals surface area (Å²) in [6.45, 7) is 3.19. The van der Waals surface area contributed by atoms with Gasteiger partial charge >= 0.3 is 5.97 Å². The highest BCUT2D eigenvalue weighted by Crippen LogP contribution is 2.52. The Morgan fingerprint density at radius 3 is 2.17 bits per heavy atom. The van der Waals surface area contributed by atoms with Gasteiger partial charge in [-0.3, -0.25) is 9.59 Å². The summed E-state index contributed by atoms with van der Waals surface area (Å²) in [7, 11) is -3.53. The molecule has 0 spiro atoms. The molecule has 0 aromatic heterocycles. The summed E-state index contributed by atoms with van der Waals surface area (Å²) < 4.78 is 27.2. The molecule has 0 radical (unpaired) electrons. The monoisotopic (exact) mass is 420 g/mol. The zero-order chi connectivity index (χ0) is 20.8. The number of fused-ring (bicyclic) bond motifs is 2. The third kappa shape index (κ3) is 3.80. The Balaban J connectivity index is 1.44. The molecule has 4 rings (SSSR count). The first kappa shape index (κ1) is 20.3. The minimum absolute atomic E-state index is 0.0908. The normalized spacial score (nSPS) is 30.4. The second kappa shape index (κ2) is 7.72. The second-order valence-corrected chi connectivity index (χ2v) is 10.8. The van der Waals surface area contributed by atoms with Crippen molar-refractivity contribution in [1.29, 1.82) is 0 Å². The molecule has 4 atom stereocenters. The Kier molecular flexibility index (Phi) is 5.42. The van der Waals surface area contributed by atoms with Crippen LogP contribution < -0.4 is 5.32 Å². The maximum Gasteiger partial charge on any atom is 0.307 e. The molecule has 1 saturated heterocycles. The van der Waals surface area contributed by atoms with E-state index in [1.165, 1.54) is 16.4 Å². The van der Waals surface area contributed by atoms with Gasteiger partial charge in [0.15, 0.2) is 0 Å². The van der Waals surface area contributed by atoms with Gasteiger partial charge in [0.25, 0.3) is 0 Å². The first-order valence-corrected chi connectivity index (χ1v) is 11.8. The van der Waals surface area contributed by atoms with E-state index in [0.29, 0.717) is 24.7 Å². The number of aliphatic carboxylic acids is 1. The van der Waals surface area contributed by atoms with Gasteiger partial charge in [-0.1, -0.05) is 6.92 Å². The predicted octanol–water partition coefficient (Wildman–Crippen LogP) is 2.79. The Morgan fingerprint density at radius 2 is 1.59 bits per heavy atom. The van der Waals surface area contributed by atoms with Crippen molar-refractivity contribution in [3.8, 4) is 0 Å². The zero-order valence-corrected chi connectivity index (χ0v) is 17.4. The third-order valence-corrected chi connectivity index (χ3v) is 8.92. The number of rotatable bonds is 5. The van der Waals surface area contributed by atoms with Gasteiger partial charge in [-0.05, 0) is 74.1 Å². The molecule has 0 unspecified atom stereocenters. The van der Waals surface area contributed by atoms with Crippen molar-refractivity contribution >= 4 is 27.6 Å².